The third-order valence-corrected chi connectivity index (χ3v) is 2.90. The summed E-state index contributed by atoms with van der Waals surface area (Å²) in [6.07, 6.45) is -0.582. The largest absolute Gasteiger partial charge is 0.599 e. The van der Waals surface area contributed by atoms with Crippen molar-refractivity contribution in [3.63, 3.8) is 0 Å². The van der Waals surface area contributed by atoms with Gasteiger partial charge in [-0.1, -0.05) is 13.2 Å². The molecule has 2 heterocycles. The van der Waals surface area contributed by atoms with Gasteiger partial charge in [-0.2, -0.15) is 0 Å². The zero-order chi connectivity index (χ0) is 12.1. The maximum atomic E-state index is 5.67. The lowest BCUT2D eigenvalue weighted by Gasteiger charge is -2.17. The highest BCUT2D eigenvalue weighted by molar-refractivity contribution is 6.47. The zero-order valence-corrected chi connectivity index (χ0v) is 10.2. The minimum Gasteiger partial charge on any atom is -0.534 e. The van der Waals surface area contributed by atoms with Crippen LogP contribution in [0.4, 0.5) is 0 Å². The lowest BCUT2D eigenvalue weighted by molar-refractivity contribution is -0.0455. The van der Waals surface area contributed by atoms with Gasteiger partial charge in [0.1, 0.15) is 17.0 Å². The summed E-state index contributed by atoms with van der Waals surface area (Å²) in [5.41, 5.74) is -1.02. The molecule has 2 aliphatic rings. The zero-order valence-electron chi connectivity index (χ0n) is 10.2. The molecule has 1 atom stereocenters. The van der Waals surface area contributed by atoms with E-state index in [1.54, 1.807) is 0 Å². The summed E-state index contributed by atoms with van der Waals surface area (Å²) in [5, 5.41) is 0. The molecule has 0 saturated carbocycles. The van der Waals surface area contributed by atoms with Gasteiger partial charge in [-0.25, -0.2) is 0 Å². The summed E-state index contributed by atoms with van der Waals surface area (Å²) in [7, 11) is -0.582. The SMILES string of the molecule is C=C1OB(C2OC(=C)C(C)(C)O2)OC1(C)C. The minimum absolute atomic E-state index is 0.508. The molecule has 2 aliphatic heterocycles. The number of hydrogen-bond acceptors (Lipinski definition) is 4. The van der Waals surface area contributed by atoms with Gasteiger partial charge >= 0.3 is 7.12 Å². The molecule has 4 nitrogen and oxygen atoms in total. The van der Waals surface area contributed by atoms with Crippen LogP contribution in [0.5, 0.6) is 0 Å². The van der Waals surface area contributed by atoms with Crippen molar-refractivity contribution >= 4 is 7.12 Å². The lowest BCUT2D eigenvalue weighted by atomic mass is 9.89. The van der Waals surface area contributed by atoms with E-state index in [1.807, 2.05) is 27.7 Å². The molecule has 0 bridgehead atoms. The van der Waals surface area contributed by atoms with E-state index >= 15 is 0 Å². The summed E-state index contributed by atoms with van der Waals surface area (Å²) < 4.78 is 22.3. The first-order chi connectivity index (χ1) is 7.22. The molecule has 0 amide bonds. The summed E-state index contributed by atoms with van der Waals surface area (Å²) in [5.74, 6) is 1.17. The van der Waals surface area contributed by atoms with Crippen LogP contribution < -0.4 is 0 Å². The van der Waals surface area contributed by atoms with Crippen LogP contribution in [-0.2, 0) is 18.8 Å². The van der Waals surface area contributed by atoms with E-state index in [9.17, 15) is 0 Å². The van der Waals surface area contributed by atoms with E-state index in [0.29, 0.717) is 11.5 Å². The normalized spacial score (nSPS) is 31.5. The highest BCUT2D eigenvalue weighted by Gasteiger charge is 2.54. The average Bonchev–Trinajstić information content (AvgIpc) is 2.53. The molecule has 0 spiro atoms. The fourth-order valence-corrected chi connectivity index (χ4v) is 1.55. The molecule has 1 unspecified atom stereocenters. The van der Waals surface area contributed by atoms with Crippen molar-refractivity contribution in [1.82, 2.24) is 0 Å². The highest BCUT2D eigenvalue weighted by atomic mass is 16.8. The maximum Gasteiger partial charge on any atom is 0.599 e. The summed E-state index contributed by atoms with van der Waals surface area (Å²) in [6.45, 7) is 15.2. The fourth-order valence-electron chi connectivity index (χ4n) is 1.55. The Hall–Kier alpha value is -0.935. The number of ether oxygens (including phenoxy) is 2. The third-order valence-electron chi connectivity index (χ3n) is 2.90. The molecule has 0 aliphatic carbocycles. The summed E-state index contributed by atoms with van der Waals surface area (Å²) in [4.78, 5) is 0. The molecule has 2 saturated heterocycles. The van der Waals surface area contributed by atoms with Crippen molar-refractivity contribution in [2.75, 3.05) is 0 Å². The third kappa shape index (κ3) is 1.74. The minimum atomic E-state index is -0.582. The molecule has 0 aromatic carbocycles. The van der Waals surface area contributed by atoms with Crippen LogP contribution in [0.2, 0.25) is 0 Å². The van der Waals surface area contributed by atoms with E-state index in [0.717, 1.165) is 0 Å². The highest BCUT2D eigenvalue weighted by Crippen LogP contribution is 2.38. The molecule has 2 rings (SSSR count). The quantitative estimate of drug-likeness (QED) is 0.638. The van der Waals surface area contributed by atoms with E-state index < -0.39 is 24.5 Å². The number of hydrogen-bond donors (Lipinski definition) is 0. The molecule has 5 heteroatoms. The average molecular weight is 224 g/mol. The van der Waals surface area contributed by atoms with E-state index in [4.69, 9.17) is 18.8 Å². The van der Waals surface area contributed by atoms with Gasteiger partial charge in [-0.15, -0.1) is 0 Å². The molecule has 0 N–H and O–H groups in total. The number of rotatable bonds is 1. The second-order valence-electron chi connectivity index (χ2n) is 5.08. The van der Waals surface area contributed by atoms with Gasteiger partial charge in [-0.3, -0.25) is 0 Å². The van der Waals surface area contributed by atoms with Gasteiger partial charge in [-0.05, 0) is 27.7 Å². The Morgan fingerprint density at radius 1 is 1.06 bits per heavy atom. The van der Waals surface area contributed by atoms with E-state index in [1.165, 1.54) is 0 Å². The first-order valence-corrected chi connectivity index (χ1v) is 5.30. The van der Waals surface area contributed by atoms with Gasteiger partial charge in [0.25, 0.3) is 0 Å². The Labute approximate surface area is 96.3 Å². The van der Waals surface area contributed by atoms with Gasteiger partial charge in [0.15, 0.2) is 0 Å². The second kappa shape index (κ2) is 3.28. The van der Waals surface area contributed by atoms with Crippen LogP contribution >= 0.6 is 0 Å². The predicted octanol–water partition coefficient (Wildman–Crippen LogP) is 2.02. The topological polar surface area (TPSA) is 36.9 Å². The Bertz CT molecular complexity index is 314. The molecule has 16 heavy (non-hydrogen) atoms. The Balaban J connectivity index is 2.08. The van der Waals surface area contributed by atoms with Crippen molar-refractivity contribution in [2.45, 2.75) is 45.1 Å². The Morgan fingerprint density at radius 2 is 1.69 bits per heavy atom. The molecule has 0 aromatic rings. The van der Waals surface area contributed by atoms with Crippen LogP contribution in [0, 0.1) is 0 Å². The van der Waals surface area contributed by atoms with Gasteiger partial charge in [0.2, 0.25) is 6.19 Å². The van der Waals surface area contributed by atoms with Crippen molar-refractivity contribution in [3.8, 4) is 0 Å². The molecular formula is C11H17BO4. The predicted molar refractivity (Wildman–Crippen MR) is 60.3 cm³/mol. The molecule has 0 radical (unpaired) electrons. The molecular weight excluding hydrogens is 207 g/mol. The second-order valence-corrected chi connectivity index (χ2v) is 5.08. The van der Waals surface area contributed by atoms with E-state index in [-0.39, 0.29) is 0 Å². The van der Waals surface area contributed by atoms with Crippen LogP contribution in [-0.4, -0.2) is 24.5 Å². The first-order valence-electron chi connectivity index (χ1n) is 5.30. The Morgan fingerprint density at radius 3 is 2.06 bits per heavy atom. The van der Waals surface area contributed by atoms with Gasteiger partial charge in [0.05, 0.1) is 5.76 Å². The Kier molecular flexibility index (Phi) is 2.37. The van der Waals surface area contributed by atoms with Crippen LogP contribution in [0.3, 0.4) is 0 Å². The van der Waals surface area contributed by atoms with Crippen LogP contribution in [0.15, 0.2) is 24.7 Å². The van der Waals surface area contributed by atoms with Gasteiger partial charge < -0.3 is 18.8 Å². The van der Waals surface area contributed by atoms with E-state index in [2.05, 4.69) is 13.2 Å². The van der Waals surface area contributed by atoms with Crippen molar-refractivity contribution in [3.05, 3.63) is 24.7 Å². The smallest absolute Gasteiger partial charge is 0.534 e. The van der Waals surface area contributed by atoms with Crippen molar-refractivity contribution < 1.29 is 18.8 Å². The van der Waals surface area contributed by atoms with Crippen molar-refractivity contribution in [1.29, 1.82) is 0 Å². The summed E-state index contributed by atoms with van der Waals surface area (Å²) in [6, 6.07) is 0. The fraction of sp³-hybridized carbons (Fsp3) is 0.636. The molecule has 0 aromatic heterocycles. The standard InChI is InChI=1S/C11H17BO4/c1-7-10(3,4)14-9(13-7)12-15-8(2)11(5,6)16-12/h9H,1-2H2,3-6H3. The first kappa shape index (κ1) is 11.5. The molecule has 2 fully saturated rings. The monoisotopic (exact) mass is 224 g/mol. The van der Waals surface area contributed by atoms with Crippen LogP contribution in [0.25, 0.3) is 0 Å². The molecule has 88 valence electrons. The lowest BCUT2D eigenvalue weighted by Crippen LogP contribution is -2.37. The van der Waals surface area contributed by atoms with Crippen LogP contribution in [0.1, 0.15) is 27.7 Å². The maximum absolute atomic E-state index is 5.67. The van der Waals surface area contributed by atoms with Gasteiger partial charge in [0, 0.05) is 0 Å². The van der Waals surface area contributed by atoms with Crippen molar-refractivity contribution in [2.24, 2.45) is 0 Å². The summed E-state index contributed by atoms with van der Waals surface area (Å²) >= 11 is 0.